The van der Waals surface area contributed by atoms with E-state index in [1.807, 2.05) is 13.1 Å². The zero-order valence-corrected chi connectivity index (χ0v) is 14.5. The van der Waals surface area contributed by atoms with Gasteiger partial charge in [-0.05, 0) is 38.4 Å². The molecule has 0 spiro atoms. The second-order valence-electron chi connectivity index (χ2n) is 6.60. The van der Waals surface area contributed by atoms with Crippen molar-refractivity contribution in [3.05, 3.63) is 35.8 Å². The van der Waals surface area contributed by atoms with Crippen molar-refractivity contribution >= 4 is 22.4 Å². The Morgan fingerprint density at radius 1 is 1.17 bits per heavy atom. The van der Waals surface area contributed by atoms with Crippen LogP contribution >= 0.6 is 0 Å². The molecule has 126 valence electrons. The number of likely N-dealkylation sites (N-methyl/N-ethyl adjacent to an activating group) is 1. The maximum absolute atomic E-state index is 4.80. The van der Waals surface area contributed by atoms with Crippen molar-refractivity contribution in [2.45, 2.75) is 26.7 Å². The third-order valence-electron chi connectivity index (χ3n) is 5.08. The molecule has 0 amide bonds. The predicted octanol–water partition coefficient (Wildman–Crippen LogP) is 3.11. The molecule has 2 aromatic rings. The predicted molar refractivity (Wildman–Crippen MR) is 100 cm³/mol. The molecule has 1 N–H and O–H groups in total. The molecule has 0 radical (unpaired) electrons. The van der Waals surface area contributed by atoms with Crippen molar-refractivity contribution in [3.8, 4) is 0 Å². The second-order valence-corrected chi connectivity index (χ2v) is 6.60. The number of aryl methyl sites for hydroxylation is 1. The molecule has 5 heteroatoms. The second kappa shape index (κ2) is 6.40. The van der Waals surface area contributed by atoms with Crippen molar-refractivity contribution in [1.82, 2.24) is 14.9 Å². The van der Waals surface area contributed by atoms with Gasteiger partial charge < -0.3 is 14.8 Å². The van der Waals surface area contributed by atoms with Gasteiger partial charge in [0.05, 0.1) is 11.2 Å². The van der Waals surface area contributed by atoms with Crippen LogP contribution in [0.3, 0.4) is 0 Å². The Labute approximate surface area is 143 Å². The minimum Gasteiger partial charge on any atom is -0.367 e. The molecule has 5 nitrogen and oxygen atoms in total. The van der Waals surface area contributed by atoms with Gasteiger partial charge in [0.1, 0.15) is 11.3 Å². The lowest BCUT2D eigenvalue weighted by atomic mass is 10.00. The van der Waals surface area contributed by atoms with Gasteiger partial charge in [0.2, 0.25) is 0 Å². The first kappa shape index (κ1) is 15.4. The third kappa shape index (κ3) is 2.73. The molecular weight excluding hydrogens is 298 g/mol. The topological polar surface area (TPSA) is 47.5 Å². The van der Waals surface area contributed by atoms with E-state index in [9.17, 15) is 0 Å². The van der Waals surface area contributed by atoms with Crippen molar-refractivity contribution in [2.75, 3.05) is 37.6 Å². The number of H-pyrrole nitrogens is 1. The van der Waals surface area contributed by atoms with E-state index in [1.54, 1.807) is 0 Å². The van der Waals surface area contributed by atoms with Crippen LogP contribution in [0.25, 0.3) is 11.0 Å². The highest BCUT2D eigenvalue weighted by molar-refractivity contribution is 6.11. The minimum atomic E-state index is 0.973. The number of hydrogen-bond acceptors (Lipinski definition) is 4. The van der Waals surface area contributed by atoms with Gasteiger partial charge in [-0.25, -0.2) is 4.98 Å². The van der Waals surface area contributed by atoms with Gasteiger partial charge in [-0.2, -0.15) is 0 Å². The summed E-state index contributed by atoms with van der Waals surface area (Å²) in [5.41, 5.74) is 5.92. The van der Waals surface area contributed by atoms with Gasteiger partial charge in [-0.1, -0.05) is 13.0 Å². The number of allylic oxidation sites excluding steroid dienone is 1. The van der Waals surface area contributed by atoms with Crippen LogP contribution in [0.15, 0.2) is 29.4 Å². The van der Waals surface area contributed by atoms with E-state index in [2.05, 4.69) is 44.9 Å². The number of nitrogens with zero attached hydrogens (tertiary/aromatic N) is 4. The molecule has 3 heterocycles. The molecule has 4 rings (SSSR count). The van der Waals surface area contributed by atoms with Gasteiger partial charge >= 0.3 is 0 Å². The van der Waals surface area contributed by atoms with Crippen LogP contribution in [0.2, 0.25) is 0 Å². The van der Waals surface area contributed by atoms with E-state index < -0.39 is 0 Å². The first-order valence-corrected chi connectivity index (χ1v) is 8.95. The molecule has 0 atom stereocenters. The Bertz CT molecular complexity index is 793. The van der Waals surface area contributed by atoms with E-state index in [0.717, 1.165) is 62.4 Å². The molecule has 1 saturated heterocycles. The summed E-state index contributed by atoms with van der Waals surface area (Å²) in [6.45, 7) is 9.72. The lowest BCUT2D eigenvalue weighted by molar-refractivity contribution is 0.271. The average Bonchev–Trinajstić information content (AvgIpc) is 3.02. The van der Waals surface area contributed by atoms with E-state index in [-0.39, 0.29) is 0 Å². The van der Waals surface area contributed by atoms with E-state index in [4.69, 9.17) is 4.98 Å². The van der Waals surface area contributed by atoms with Crippen LogP contribution < -0.4 is 4.90 Å². The summed E-state index contributed by atoms with van der Waals surface area (Å²) in [7, 11) is 0. The summed E-state index contributed by atoms with van der Waals surface area (Å²) < 4.78 is 0. The Morgan fingerprint density at radius 2 is 2.00 bits per heavy atom. The smallest absolute Gasteiger partial charge is 0.113 e. The van der Waals surface area contributed by atoms with Crippen LogP contribution in [0.4, 0.5) is 5.69 Å². The van der Waals surface area contributed by atoms with Gasteiger partial charge in [0, 0.05) is 43.7 Å². The molecule has 2 aliphatic rings. The molecule has 0 aliphatic carbocycles. The van der Waals surface area contributed by atoms with Gasteiger partial charge in [-0.3, -0.25) is 4.99 Å². The van der Waals surface area contributed by atoms with Crippen LogP contribution in [0, 0.1) is 6.92 Å². The van der Waals surface area contributed by atoms with Crippen molar-refractivity contribution in [3.63, 3.8) is 0 Å². The number of anilines is 1. The molecule has 24 heavy (non-hydrogen) atoms. The minimum absolute atomic E-state index is 0.973. The quantitative estimate of drug-likeness (QED) is 0.944. The van der Waals surface area contributed by atoms with Crippen LogP contribution in [0.1, 0.15) is 31.2 Å². The van der Waals surface area contributed by atoms with Crippen molar-refractivity contribution in [1.29, 1.82) is 0 Å². The Balaban J connectivity index is 1.81. The number of piperazine rings is 1. The van der Waals surface area contributed by atoms with Crippen molar-refractivity contribution < 1.29 is 0 Å². The first-order chi connectivity index (χ1) is 11.8. The van der Waals surface area contributed by atoms with Crippen molar-refractivity contribution in [2.24, 2.45) is 4.99 Å². The number of nitrogens with one attached hydrogen (secondary N) is 1. The Morgan fingerprint density at radius 3 is 2.71 bits per heavy atom. The number of aromatic nitrogens is 2. The van der Waals surface area contributed by atoms with Crippen LogP contribution in [-0.2, 0) is 0 Å². The molecule has 0 unspecified atom stereocenters. The summed E-state index contributed by atoms with van der Waals surface area (Å²) in [4.78, 5) is 17.9. The molecule has 1 aromatic carbocycles. The zero-order chi connectivity index (χ0) is 16.5. The summed E-state index contributed by atoms with van der Waals surface area (Å²) in [6, 6.07) is 4.37. The highest BCUT2D eigenvalue weighted by Gasteiger charge is 2.24. The number of fused-ring (bicyclic) bond motifs is 1. The largest absolute Gasteiger partial charge is 0.367 e. The lowest BCUT2D eigenvalue weighted by Crippen LogP contribution is -2.46. The normalized spacial score (nSPS) is 19.1. The third-order valence-corrected chi connectivity index (χ3v) is 5.08. The highest BCUT2D eigenvalue weighted by Crippen LogP contribution is 2.32. The number of benzene rings is 1. The Kier molecular flexibility index (Phi) is 4.10. The van der Waals surface area contributed by atoms with Crippen LogP contribution in [-0.4, -0.2) is 53.3 Å². The number of aromatic amines is 1. The fourth-order valence-corrected chi connectivity index (χ4v) is 3.73. The monoisotopic (exact) mass is 323 g/mol. The number of aliphatic imine (C=N–C) groups is 1. The molecule has 0 bridgehead atoms. The number of imidazole rings is 1. The summed E-state index contributed by atoms with van der Waals surface area (Å²) in [5.74, 6) is 0.973. The summed E-state index contributed by atoms with van der Waals surface area (Å²) >= 11 is 0. The summed E-state index contributed by atoms with van der Waals surface area (Å²) in [5, 5.41) is 0. The Hall–Kier alpha value is -2.14. The number of rotatable bonds is 3. The molecule has 2 aliphatic heterocycles. The number of hydrogen-bond donors (Lipinski definition) is 1. The van der Waals surface area contributed by atoms with E-state index in [1.165, 1.54) is 17.0 Å². The lowest BCUT2D eigenvalue weighted by Gasteiger charge is -2.36. The zero-order valence-electron chi connectivity index (χ0n) is 14.5. The van der Waals surface area contributed by atoms with Gasteiger partial charge in [-0.15, -0.1) is 0 Å². The highest BCUT2D eigenvalue weighted by atomic mass is 15.3. The molecule has 1 fully saturated rings. The fraction of sp³-hybridized carbons (Fsp3) is 0.474. The van der Waals surface area contributed by atoms with E-state index in [0.29, 0.717) is 0 Å². The maximum atomic E-state index is 4.80. The van der Waals surface area contributed by atoms with E-state index >= 15 is 0 Å². The summed E-state index contributed by atoms with van der Waals surface area (Å²) in [6.07, 6.45) is 6.16. The fourth-order valence-electron chi connectivity index (χ4n) is 3.73. The standard InChI is InChI=1S/C19H25N5/c1-3-23-10-12-24(13-11-23)19-15(16-6-4-5-9-20-16)7-8-17-18(19)22-14(2)21-17/h5,7-9H,3-4,6,10-13H2,1-2H3,(H,21,22). The molecule has 0 saturated carbocycles. The van der Waals surface area contributed by atoms with Gasteiger partial charge in [0.15, 0.2) is 0 Å². The molecular formula is C19H25N5. The maximum Gasteiger partial charge on any atom is 0.113 e. The SMILES string of the molecule is CCN1CCN(c2c(C3=NC=CCC3)ccc3[nH]c(C)nc23)CC1. The van der Waals surface area contributed by atoms with Crippen LogP contribution in [0.5, 0.6) is 0 Å². The van der Waals surface area contributed by atoms with Gasteiger partial charge in [0.25, 0.3) is 0 Å². The average molecular weight is 323 g/mol. The molecule has 1 aromatic heterocycles. The first-order valence-electron chi connectivity index (χ1n) is 8.95.